The molecular weight excluding hydrogens is 346 g/mol. The first kappa shape index (κ1) is 10.3. The van der Waals surface area contributed by atoms with Crippen molar-refractivity contribution < 1.29 is 21.8 Å². The average molecular weight is 357 g/mol. The van der Waals surface area contributed by atoms with Gasteiger partial charge in [0.05, 0.1) is 0 Å². The monoisotopic (exact) mass is 357 g/mol. The molecule has 0 radical (unpaired) electrons. The van der Waals surface area contributed by atoms with Crippen LogP contribution in [0.1, 0.15) is 0 Å². The van der Waals surface area contributed by atoms with E-state index >= 15 is 0 Å². The van der Waals surface area contributed by atoms with E-state index in [4.69, 9.17) is 0 Å². The van der Waals surface area contributed by atoms with Gasteiger partial charge in [0.2, 0.25) is 0 Å². The Kier molecular flexibility index (Phi) is 8.48. The second-order valence-corrected chi connectivity index (χ2v) is 4.94. The van der Waals surface area contributed by atoms with Crippen molar-refractivity contribution >= 4 is 22.6 Å². The molecule has 0 aromatic rings. The summed E-state index contributed by atoms with van der Waals surface area (Å²) in [6, 6.07) is 0. The van der Waals surface area contributed by atoms with Crippen molar-refractivity contribution in [3.05, 3.63) is 0 Å². The Balaban J connectivity index is 2.95. The van der Waals surface area contributed by atoms with Gasteiger partial charge in [-0.1, -0.05) is 0 Å². The van der Waals surface area contributed by atoms with Gasteiger partial charge in [0, 0.05) is 0 Å². The zero-order valence-corrected chi connectivity index (χ0v) is 9.73. The maximum absolute atomic E-state index is 3.11. The molecule has 0 atom stereocenters. The van der Waals surface area contributed by atoms with Gasteiger partial charge in [-0.15, -0.1) is 0 Å². The predicted molar refractivity (Wildman–Crippen MR) is 42.0 cm³/mol. The fraction of sp³-hybridized carbons (Fsp3) is 1.00. The molecule has 6 heteroatoms. The Morgan fingerprint density at radius 3 is 2.78 bits per heavy atom. The molecule has 3 N–H and O–H groups in total. The molecule has 0 amide bonds. The number of nitrogens with zero attached hydrogens (tertiary/aromatic N) is 1. The van der Waals surface area contributed by atoms with Crippen molar-refractivity contribution in [3.63, 3.8) is 0 Å². The van der Waals surface area contributed by atoms with Gasteiger partial charge >= 0.3 is 80.7 Å². The van der Waals surface area contributed by atoms with Gasteiger partial charge in [-0.3, -0.25) is 0 Å². The maximum atomic E-state index is 3.11. The molecule has 0 heterocycles. The Hall–Kier alpha value is 1.30. The molecule has 0 aromatic heterocycles. The van der Waals surface area contributed by atoms with E-state index in [2.05, 4.69) is 37.1 Å². The summed E-state index contributed by atoms with van der Waals surface area (Å²) >= 11 is 2.20. The molecule has 0 spiro atoms. The molecule has 0 fully saturated rings. The van der Waals surface area contributed by atoms with Crippen LogP contribution >= 0.6 is 22.6 Å². The Labute approximate surface area is 80.2 Å². The summed E-state index contributed by atoms with van der Waals surface area (Å²) in [5.74, 6) is 0. The number of rotatable bonds is 5. The van der Waals surface area contributed by atoms with Gasteiger partial charge in [-0.25, -0.2) is 0 Å². The van der Waals surface area contributed by atoms with E-state index in [1.807, 2.05) is 17.3 Å². The number of nitrogens with one attached hydrogen (secondary N) is 3. The van der Waals surface area contributed by atoms with Crippen LogP contribution in [-0.4, -0.2) is 21.9 Å². The molecule has 4 nitrogen and oxygen atoms in total. The van der Waals surface area contributed by atoms with E-state index in [0.29, 0.717) is 0 Å². The zero-order chi connectivity index (χ0) is 7.11. The van der Waals surface area contributed by atoms with E-state index in [9.17, 15) is 0 Å². The van der Waals surface area contributed by atoms with Gasteiger partial charge in [-0.05, 0) is 0 Å². The number of halogens is 2. The first-order chi connectivity index (χ1) is 4.31. The van der Waals surface area contributed by atoms with Crippen molar-refractivity contribution in [2.75, 3.05) is 18.6 Å². The van der Waals surface area contributed by atoms with Crippen LogP contribution in [0.5, 0.6) is 0 Å². The van der Waals surface area contributed by atoms with E-state index in [0.717, 1.165) is 4.55 Å². The molecular formula is C3H11I2N4-. The van der Waals surface area contributed by atoms with Crippen LogP contribution in [0.15, 0.2) is 0 Å². The summed E-state index contributed by atoms with van der Waals surface area (Å²) in [4.78, 5) is 0. The molecule has 58 valence electrons. The van der Waals surface area contributed by atoms with Gasteiger partial charge in [0.15, 0.2) is 0 Å². The fourth-order valence-electron chi connectivity index (χ4n) is 0.287. The molecule has 0 aliphatic heterocycles. The van der Waals surface area contributed by atoms with Gasteiger partial charge in [-0.2, -0.15) is 0 Å². The van der Waals surface area contributed by atoms with Crippen LogP contribution < -0.4 is 36.2 Å². The van der Waals surface area contributed by atoms with Crippen LogP contribution in [-0.2, 0) is 0 Å². The molecule has 0 bridgehead atoms. The normalized spacial score (nSPS) is 11.1. The molecule has 0 aliphatic carbocycles. The predicted octanol–water partition coefficient (Wildman–Crippen LogP) is -3.54. The summed E-state index contributed by atoms with van der Waals surface area (Å²) < 4.78 is 6.04. The summed E-state index contributed by atoms with van der Waals surface area (Å²) in [6.07, 6.45) is 0. The zero-order valence-electron chi connectivity index (χ0n) is 5.41. The summed E-state index contributed by atoms with van der Waals surface area (Å²) in [5.41, 5.74) is 5.98. The van der Waals surface area contributed by atoms with Crippen LogP contribution in [0.3, 0.4) is 0 Å². The molecule has 0 aromatic carbocycles. The Morgan fingerprint density at radius 2 is 2.33 bits per heavy atom. The van der Waals surface area contributed by atoms with Crippen LogP contribution in [0.2, 0.25) is 0 Å². The Morgan fingerprint density at radius 1 is 1.67 bits per heavy atom. The van der Waals surface area contributed by atoms with Gasteiger partial charge in [0.1, 0.15) is 0 Å². The second kappa shape index (κ2) is 7.41. The second-order valence-electron chi connectivity index (χ2n) is 1.17. The average Bonchev–Trinajstić information content (AvgIpc) is 1.85. The summed E-state index contributed by atoms with van der Waals surface area (Å²) in [5, 5.41) is 0. The molecule has 0 unspecified atom stereocenters. The minimum atomic E-state index is -0.0409. The van der Waals surface area contributed by atoms with Crippen molar-refractivity contribution in [2.24, 2.45) is 0 Å². The third kappa shape index (κ3) is 7.19. The van der Waals surface area contributed by atoms with Crippen molar-refractivity contribution in [1.82, 2.24) is 17.7 Å². The van der Waals surface area contributed by atoms with Crippen molar-refractivity contribution in [3.8, 4) is 0 Å². The van der Waals surface area contributed by atoms with E-state index in [1.54, 1.807) is 0 Å². The molecule has 0 saturated heterocycles. The SMILES string of the molecule is CN[I-]N(C)NNCI. The van der Waals surface area contributed by atoms with Gasteiger partial charge in [0.25, 0.3) is 0 Å². The van der Waals surface area contributed by atoms with E-state index in [1.165, 1.54) is 0 Å². The molecule has 0 saturated carbocycles. The van der Waals surface area contributed by atoms with Crippen LogP contribution in [0, 0.1) is 0 Å². The van der Waals surface area contributed by atoms with E-state index < -0.39 is 0 Å². The van der Waals surface area contributed by atoms with Crippen LogP contribution in [0.25, 0.3) is 0 Å². The first-order valence-electron chi connectivity index (χ1n) is 2.40. The van der Waals surface area contributed by atoms with Crippen molar-refractivity contribution in [2.45, 2.75) is 0 Å². The third-order valence-electron chi connectivity index (χ3n) is 0.511. The molecule has 0 aliphatic rings. The Bertz CT molecular complexity index is 61.8. The topological polar surface area (TPSA) is 39.3 Å². The quantitative estimate of drug-likeness (QED) is 0.157. The van der Waals surface area contributed by atoms with Crippen LogP contribution in [0.4, 0.5) is 0 Å². The standard InChI is InChI=1S/C3H11I2N4/c1-6-5-9(2)8-7-3-4/h6-8H,3H2,1-2H3/q-1. The number of hydrogen-bond acceptors (Lipinski definition) is 4. The third-order valence-corrected chi connectivity index (χ3v) is 2.34. The molecule has 0 rings (SSSR count). The molecule has 9 heavy (non-hydrogen) atoms. The summed E-state index contributed by atoms with van der Waals surface area (Å²) in [7, 11) is 3.96. The van der Waals surface area contributed by atoms with Crippen molar-refractivity contribution in [1.29, 1.82) is 0 Å². The van der Waals surface area contributed by atoms with Gasteiger partial charge < -0.3 is 0 Å². The fourth-order valence-corrected chi connectivity index (χ4v) is 1.47. The first-order valence-corrected chi connectivity index (χ1v) is 5.97. The number of hydrazine groups is 2. The minimum absolute atomic E-state index is 0.0409. The number of hydrogen-bond donors (Lipinski definition) is 3. The van der Waals surface area contributed by atoms with E-state index in [-0.39, 0.29) is 21.8 Å². The number of alkyl halides is 1. The summed E-state index contributed by atoms with van der Waals surface area (Å²) in [6.45, 7) is 0.